The Morgan fingerprint density at radius 2 is 1.60 bits per heavy atom. The number of fused-ring (bicyclic) bond motifs is 1. The standard InChI is InChI=1S/C21H14Cl2N2/c22-20-10-8-17(13-21(20)23)24-14-19-6-3-11-25(19)18-9-7-15-4-1-2-5-16(15)12-18/h1-14H. The Morgan fingerprint density at radius 3 is 2.44 bits per heavy atom. The fraction of sp³-hybridized carbons (Fsp3) is 0. The van der Waals surface area contributed by atoms with Crippen LogP contribution in [0.4, 0.5) is 5.69 Å². The van der Waals surface area contributed by atoms with Gasteiger partial charge < -0.3 is 4.57 Å². The summed E-state index contributed by atoms with van der Waals surface area (Å²) in [7, 11) is 0. The summed E-state index contributed by atoms with van der Waals surface area (Å²) in [6.07, 6.45) is 3.86. The Hall–Kier alpha value is -2.55. The van der Waals surface area contributed by atoms with Gasteiger partial charge in [0.05, 0.1) is 27.6 Å². The molecule has 0 unspecified atom stereocenters. The molecule has 0 saturated heterocycles. The largest absolute Gasteiger partial charge is 0.316 e. The van der Waals surface area contributed by atoms with Crippen LogP contribution in [0, 0.1) is 0 Å². The quantitative estimate of drug-likeness (QED) is 0.360. The molecule has 0 aliphatic heterocycles. The summed E-state index contributed by atoms with van der Waals surface area (Å²) >= 11 is 12.0. The number of nitrogens with zero attached hydrogens (tertiary/aromatic N) is 2. The number of hydrogen-bond donors (Lipinski definition) is 0. The third-order valence-corrected chi connectivity index (χ3v) is 4.78. The Labute approximate surface area is 156 Å². The van der Waals surface area contributed by atoms with Crippen molar-refractivity contribution in [3.05, 3.63) is 94.7 Å². The van der Waals surface area contributed by atoms with Gasteiger partial charge in [-0.2, -0.15) is 0 Å². The zero-order valence-electron chi connectivity index (χ0n) is 13.2. The predicted octanol–water partition coefficient (Wildman–Crippen LogP) is 6.69. The highest BCUT2D eigenvalue weighted by molar-refractivity contribution is 6.42. The van der Waals surface area contributed by atoms with E-state index < -0.39 is 0 Å². The van der Waals surface area contributed by atoms with Gasteiger partial charge in [0, 0.05) is 11.9 Å². The first-order chi connectivity index (χ1) is 12.2. The molecule has 3 aromatic carbocycles. The first kappa shape index (κ1) is 15.9. The maximum Gasteiger partial charge on any atom is 0.0646 e. The number of aromatic nitrogens is 1. The van der Waals surface area contributed by atoms with E-state index in [-0.39, 0.29) is 0 Å². The molecule has 4 aromatic rings. The van der Waals surface area contributed by atoms with Crippen LogP contribution >= 0.6 is 23.2 Å². The lowest BCUT2D eigenvalue weighted by molar-refractivity contribution is 1.07. The minimum absolute atomic E-state index is 0.501. The zero-order chi connectivity index (χ0) is 17.2. The highest BCUT2D eigenvalue weighted by Crippen LogP contribution is 2.26. The van der Waals surface area contributed by atoms with Gasteiger partial charge in [0.1, 0.15) is 0 Å². The van der Waals surface area contributed by atoms with Gasteiger partial charge in [0.25, 0.3) is 0 Å². The maximum atomic E-state index is 6.05. The molecule has 0 fully saturated rings. The third-order valence-electron chi connectivity index (χ3n) is 4.04. The molecule has 0 spiro atoms. The summed E-state index contributed by atoms with van der Waals surface area (Å²) < 4.78 is 2.10. The zero-order valence-corrected chi connectivity index (χ0v) is 14.7. The van der Waals surface area contributed by atoms with E-state index in [1.165, 1.54) is 10.8 Å². The van der Waals surface area contributed by atoms with Crippen LogP contribution in [0.1, 0.15) is 5.69 Å². The Morgan fingerprint density at radius 1 is 0.760 bits per heavy atom. The Kier molecular flexibility index (Phi) is 4.31. The van der Waals surface area contributed by atoms with Gasteiger partial charge in [-0.05, 0) is 53.2 Å². The molecule has 0 aliphatic carbocycles. The van der Waals surface area contributed by atoms with Crippen molar-refractivity contribution in [3.63, 3.8) is 0 Å². The molecule has 0 amide bonds. The van der Waals surface area contributed by atoms with E-state index in [1.54, 1.807) is 12.1 Å². The second kappa shape index (κ2) is 6.75. The lowest BCUT2D eigenvalue weighted by Crippen LogP contribution is -1.97. The molecule has 0 aliphatic rings. The SMILES string of the molecule is Clc1ccc(N=Cc2cccn2-c2ccc3ccccc3c2)cc1Cl. The van der Waals surface area contributed by atoms with Crippen LogP contribution in [0.2, 0.25) is 10.0 Å². The highest BCUT2D eigenvalue weighted by atomic mass is 35.5. The van der Waals surface area contributed by atoms with Crippen molar-refractivity contribution in [1.29, 1.82) is 0 Å². The molecule has 0 atom stereocenters. The smallest absolute Gasteiger partial charge is 0.0646 e. The molecular formula is C21H14Cl2N2. The molecule has 1 aromatic heterocycles. The van der Waals surface area contributed by atoms with Crippen molar-refractivity contribution in [2.75, 3.05) is 0 Å². The van der Waals surface area contributed by atoms with E-state index in [2.05, 4.69) is 46.0 Å². The minimum Gasteiger partial charge on any atom is -0.316 e. The van der Waals surface area contributed by atoms with E-state index in [0.717, 1.165) is 17.1 Å². The average molecular weight is 365 g/mol. The summed E-state index contributed by atoms with van der Waals surface area (Å²) in [5, 5.41) is 3.46. The molecule has 0 N–H and O–H groups in total. The van der Waals surface area contributed by atoms with E-state index in [1.807, 2.05) is 36.7 Å². The van der Waals surface area contributed by atoms with Crippen molar-refractivity contribution in [2.24, 2.45) is 4.99 Å². The molecule has 0 radical (unpaired) electrons. The van der Waals surface area contributed by atoms with Gasteiger partial charge in [0.2, 0.25) is 0 Å². The van der Waals surface area contributed by atoms with Crippen molar-refractivity contribution >= 4 is 45.9 Å². The molecule has 122 valence electrons. The Bertz CT molecular complexity index is 1080. The number of benzene rings is 3. The summed E-state index contributed by atoms with van der Waals surface area (Å²) in [5.74, 6) is 0. The van der Waals surface area contributed by atoms with E-state index >= 15 is 0 Å². The number of halogens is 2. The van der Waals surface area contributed by atoms with Gasteiger partial charge >= 0.3 is 0 Å². The van der Waals surface area contributed by atoms with E-state index in [0.29, 0.717) is 10.0 Å². The molecule has 0 bridgehead atoms. The third kappa shape index (κ3) is 3.32. The molecule has 4 rings (SSSR count). The van der Waals surface area contributed by atoms with Crippen LogP contribution in [0.25, 0.3) is 16.5 Å². The maximum absolute atomic E-state index is 6.05. The topological polar surface area (TPSA) is 17.3 Å². The van der Waals surface area contributed by atoms with Crippen LogP contribution < -0.4 is 0 Å². The summed E-state index contributed by atoms with van der Waals surface area (Å²) in [4.78, 5) is 4.51. The molecule has 4 heteroatoms. The Balaban J connectivity index is 1.69. The molecular weight excluding hydrogens is 351 g/mol. The lowest BCUT2D eigenvalue weighted by atomic mass is 10.1. The number of rotatable bonds is 3. The minimum atomic E-state index is 0.501. The van der Waals surface area contributed by atoms with E-state index in [9.17, 15) is 0 Å². The van der Waals surface area contributed by atoms with Crippen molar-refractivity contribution < 1.29 is 0 Å². The van der Waals surface area contributed by atoms with Gasteiger partial charge in [-0.1, -0.05) is 53.5 Å². The second-order valence-electron chi connectivity index (χ2n) is 5.69. The van der Waals surface area contributed by atoms with Crippen molar-refractivity contribution in [2.45, 2.75) is 0 Å². The monoisotopic (exact) mass is 364 g/mol. The summed E-state index contributed by atoms with van der Waals surface area (Å²) in [6, 6.07) is 24.1. The van der Waals surface area contributed by atoms with Crippen molar-refractivity contribution in [3.8, 4) is 5.69 Å². The van der Waals surface area contributed by atoms with Gasteiger partial charge in [-0.3, -0.25) is 4.99 Å². The van der Waals surface area contributed by atoms with Crippen LogP contribution in [-0.2, 0) is 0 Å². The fourth-order valence-corrected chi connectivity index (χ4v) is 3.06. The van der Waals surface area contributed by atoms with Crippen LogP contribution in [0.5, 0.6) is 0 Å². The van der Waals surface area contributed by atoms with Crippen molar-refractivity contribution in [1.82, 2.24) is 4.57 Å². The first-order valence-electron chi connectivity index (χ1n) is 7.86. The summed E-state index contributed by atoms with van der Waals surface area (Å²) in [6.45, 7) is 0. The number of hydrogen-bond acceptors (Lipinski definition) is 1. The van der Waals surface area contributed by atoms with Gasteiger partial charge in [-0.25, -0.2) is 0 Å². The molecule has 25 heavy (non-hydrogen) atoms. The summed E-state index contributed by atoms with van der Waals surface area (Å²) in [5.41, 5.74) is 2.85. The van der Waals surface area contributed by atoms with Crippen LogP contribution in [0.15, 0.2) is 84.0 Å². The van der Waals surface area contributed by atoms with Crippen LogP contribution in [0.3, 0.4) is 0 Å². The van der Waals surface area contributed by atoms with Gasteiger partial charge in [0.15, 0.2) is 0 Å². The predicted molar refractivity (Wildman–Crippen MR) is 107 cm³/mol. The van der Waals surface area contributed by atoms with E-state index in [4.69, 9.17) is 23.2 Å². The van der Waals surface area contributed by atoms with Gasteiger partial charge in [-0.15, -0.1) is 0 Å². The molecule has 1 heterocycles. The first-order valence-corrected chi connectivity index (χ1v) is 8.62. The fourth-order valence-electron chi connectivity index (χ4n) is 2.77. The average Bonchev–Trinajstić information content (AvgIpc) is 3.11. The molecule has 0 saturated carbocycles. The second-order valence-corrected chi connectivity index (χ2v) is 6.51. The number of aliphatic imine (C=N–C) groups is 1. The highest BCUT2D eigenvalue weighted by Gasteiger charge is 2.03. The lowest BCUT2D eigenvalue weighted by Gasteiger charge is -2.08. The molecule has 2 nitrogen and oxygen atoms in total. The normalized spacial score (nSPS) is 11.4. The van der Waals surface area contributed by atoms with Crippen LogP contribution in [-0.4, -0.2) is 10.8 Å².